The Balaban J connectivity index is 1.45. The zero-order chi connectivity index (χ0) is 18.5. The molecule has 2 N–H and O–H groups in total. The lowest BCUT2D eigenvalue weighted by molar-refractivity contribution is 0.0298. The molecule has 1 aliphatic heterocycles. The van der Waals surface area contributed by atoms with Gasteiger partial charge in [-0.1, -0.05) is 17.8 Å². The number of amides is 1. The van der Waals surface area contributed by atoms with E-state index in [9.17, 15) is 4.79 Å². The minimum atomic E-state index is -0.0326. The zero-order valence-corrected chi connectivity index (χ0v) is 15.6. The van der Waals surface area contributed by atoms with Crippen molar-refractivity contribution < 1.29 is 9.53 Å². The van der Waals surface area contributed by atoms with Gasteiger partial charge in [0.2, 0.25) is 0 Å². The first-order chi connectivity index (χ1) is 13.3. The van der Waals surface area contributed by atoms with Crippen LogP contribution in [0.1, 0.15) is 16.2 Å². The fourth-order valence-corrected chi connectivity index (χ4v) is 3.67. The molecule has 0 aliphatic carbocycles. The highest BCUT2D eigenvalue weighted by Gasteiger charge is 2.25. The molecule has 0 spiro atoms. The van der Waals surface area contributed by atoms with Crippen LogP contribution in [-0.2, 0) is 11.3 Å². The fourth-order valence-electron chi connectivity index (χ4n) is 2.99. The lowest BCUT2D eigenvalue weighted by Gasteiger charge is -2.26. The summed E-state index contributed by atoms with van der Waals surface area (Å²) >= 11 is 1.60. The summed E-state index contributed by atoms with van der Waals surface area (Å²) in [7, 11) is 0. The predicted molar refractivity (Wildman–Crippen MR) is 101 cm³/mol. The number of carbonyl (C=O) groups is 1. The smallest absolute Gasteiger partial charge is 0.274 e. The average Bonchev–Trinajstić information content (AvgIpc) is 3.36. The van der Waals surface area contributed by atoms with Crippen molar-refractivity contribution in [2.24, 2.45) is 0 Å². The molecule has 1 fully saturated rings. The quantitative estimate of drug-likeness (QED) is 0.457. The second-order valence-corrected chi connectivity index (χ2v) is 7.14. The van der Waals surface area contributed by atoms with Gasteiger partial charge >= 0.3 is 0 Å². The van der Waals surface area contributed by atoms with Gasteiger partial charge in [0, 0.05) is 38.1 Å². The molecule has 10 heteroatoms. The maximum atomic E-state index is 13.0. The summed E-state index contributed by atoms with van der Waals surface area (Å²) in [6.45, 7) is 3.70. The number of nitrogens with zero attached hydrogens (tertiary/aromatic N) is 5. The lowest BCUT2D eigenvalue weighted by atomic mass is 10.2. The van der Waals surface area contributed by atoms with Crippen molar-refractivity contribution in [3.63, 3.8) is 0 Å². The maximum Gasteiger partial charge on any atom is 0.274 e. The molecule has 27 heavy (non-hydrogen) atoms. The van der Waals surface area contributed by atoms with Crippen molar-refractivity contribution in [1.82, 2.24) is 34.8 Å². The first-order valence-corrected chi connectivity index (χ1v) is 9.83. The van der Waals surface area contributed by atoms with E-state index in [0.717, 1.165) is 28.8 Å². The average molecular weight is 387 g/mol. The van der Waals surface area contributed by atoms with E-state index >= 15 is 0 Å². The van der Waals surface area contributed by atoms with Crippen molar-refractivity contribution in [3.05, 3.63) is 42.1 Å². The standard InChI is InChI=1S/C17H21N7O2S/c25-16(23-6-8-26-9-7-23)15-13(24-5-2-1-3-14(24)21-15)11-18-4-10-27-17-19-12-20-22-17/h1-3,5,12,18H,4,6-11H2,(H,19,20,22). The number of nitrogens with one attached hydrogen (secondary N) is 2. The number of pyridine rings is 1. The number of imidazole rings is 1. The fraction of sp³-hybridized carbons (Fsp3) is 0.412. The number of H-pyrrole nitrogens is 1. The molecule has 9 nitrogen and oxygen atoms in total. The third-order valence-corrected chi connectivity index (χ3v) is 5.21. The van der Waals surface area contributed by atoms with Gasteiger partial charge in [-0.15, -0.1) is 0 Å². The number of carbonyl (C=O) groups excluding carboxylic acids is 1. The van der Waals surface area contributed by atoms with Crippen LogP contribution in [0.5, 0.6) is 0 Å². The molecule has 0 saturated carbocycles. The molecule has 3 aromatic rings. The summed E-state index contributed by atoms with van der Waals surface area (Å²) < 4.78 is 7.33. The van der Waals surface area contributed by atoms with Crippen molar-refractivity contribution >= 4 is 23.3 Å². The Bertz CT molecular complexity index is 890. The van der Waals surface area contributed by atoms with E-state index in [2.05, 4.69) is 25.5 Å². The van der Waals surface area contributed by atoms with Gasteiger partial charge in [-0.25, -0.2) is 9.97 Å². The zero-order valence-electron chi connectivity index (χ0n) is 14.8. The van der Waals surface area contributed by atoms with Gasteiger partial charge in [0.15, 0.2) is 10.9 Å². The SMILES string of the molecule is O=C(c1nc2ccccn2c1CNCCSc1ncn[nH]1)N1CCOCC1. The highest BCUT2D eigenvalue weighted by Crippen LogP contribution is 2.16. The first-order valence-electron chi connectivity index (χ1n) is 8.85. The number of hydrogen-bond donors (Lipinski definition) is 2. The molecule has 1 amide bonds. The van der Waals surface area contributed by atoms with Crippen LogP contribution >= 0.6 is 11.8 Å². The second-order valence-electron chi connectivity index (χ2n) is 6.06. The van der Waals surface area contributed by atoms with Crippen LogP contribution in [0, 0.1) is 0 Å². The minimum absolute atomic E-state index is 0.0326. The van der Waals surface area contributed by atoms with Crippen LogP contribution in [0.4, 0.5) is 0 Å². The van der Waals surface area contributed by atoms with Crippen molar-refractivity contribution in [2.45, 2.75) is 11.7 Å². The topological polar surface area (TPSA) is 100 Å². The maximum absolute atomic E-state index is 13.0. The summed E-state index contributed by atoms with van der Waals surface area (Å²) in [6, 6.07) is 5.79. The molecular weight excluding hydrogens is 366 g/mol. The van der Waals surface area contributed by atoms with Gasteiger partial charge < -0.3 is 19.4 Å². The number of hydrogen-bond acceptors (Lipinski definition) is 7. The summed E-state index contributed by atoms with van der Waals surface area (Å²) in [5.41, 5.74) is 2.17. The van der Waals surface area contributed by atoms with Crippen LogP contribution in [0.15, 0.2) is 35.9 Å². The van der Waals surface area contributed by atoms with Gasteiger partial charge in [0.1, 0.15) is 12.0 Å². The molecular formula is C17H21N7O2S. The van der Waals surface area contributed by atoms with E-state index in [4.69, 9.17) is 4.74 Å². The molecule has 0 atom stereocenters. The largest absolute Gasteiger partial charge is 0.378 e. The summed E-state index contributed by atoms with van der Waals surface area (Å²) in [6.07, 6.45) is 3.44. The number of thioether (sulfide) groups is 1. The van der Waals surface area contributed by atoms with Crippen LogP contribution in [-0.4, -0.2) is 74.0 Å². The van der Waals surface area contributed by atoms with Gasteiger partial charge in [0.05, 0.1) is 18.9 Å². The van der Waals surface area contributed by atoms with Gasteiger partial charge in [-0.2, -0.15) is 5.10 Å². The Morgan fingerprint density at radius 2 is 2.22 bits per heavy atom. The van der Waals surface area contributed by atoms with E-state index in [1.165, 1.54) is 6.33 Å². The van der Waals surface area contributed by atoms with Crippen LogP contribution in [0.2, 0.25) is 0 Å². The number of ether oxygens (including phenoxy) is 1. The normalized spacial score (nSPS) is 14.7. The number of aromatic nitrogens is 5. The molecule has 1 aliphatic rings. The van der Waals surface area contributed by atoms with Crippen LogP contribution in [0.25, 0.3) is 5.65 Å². The summed E-state index contributed by atoms with van der Waals surface area (Å²) in [4.78, 5) is 23.5. The predicted octanol–water partition coefficient (Wildman–Crippen LogP) is 0.807. The molecule has 0 unspecified atom stereocenters. The highest BCUT2D eigenvalue weighted by molar-refractivity contribution is 7.99. The first kappa shape index (κ1) is 18.0. The lowest BCUT2D eigenvalue weighted by Crippen LogP contribution is -2.41. The number of morpholine rings is 1. The Morgan fingerprint density at radius 3 is 3.04 bits per heavy atom. The number of aromatic amines is 1. The summed E-state index contributed by atoms with van der Waals surface area (Å²) in [5, 5.41) is 10.9. The molecule has 3 aromatic heterocycles. The van der Waals surface area contributed by atoms with Crippen molar-refractivity contribution in [2.75, 3.05) is 38.6 Å². The molecule has 142 valence electrons. The Kier molecular flexibility index (Phi) is 5.66. The van der Waals surface area contributed by atoms with Crippen LogP contribution in [0.3, 0.4) is 0 Å². The molecule has 1 saturated heterocycles. The minimum Gasteiger partial charge on any atom is -0.378 e. The van der Waals surface area contributed by atoms with E-state index in [1.807, 2.05) is 33.7 Å². The number of rotatable bonds is 7. The van der Waals surface area contributed by atoms with E-state index in [-0.39, 0.29) is 5.91 Å². The van der Waals surface area contributed by atoms with E-state index in [1.54, 1.807) is 11.8 Å². The van der Waals surface area contributed by atoms with Crippen molar-refractivity contribution in [3.8, 4) is 0 Å². The van der Waals surface area contributed by atoms with Crippen LogP contribution < -0.4 is 5.32 Å². The molecule has 0 radical (unpaired) electrons. The van der Waals surface area contributed by atoms with Gasteiger partial charge in [-0.3, -0.25) is 9.89 Å². The third kappa shape index (κ3) is 4.12. The molecule has 0 bridgehead atoms. The van der Waals surface area contributed by atoms with Gasteiger partial charge in [-0.05, 0) is 12.1 Å². The highest BCUT2D eigenvalue weighted by atomic mass is 32.2. The third-order valence-electron chi connectivity index (χ3n) is 4.33. The van der Waals surface area contributed by atoms with Crippen molar-refractivity contribution in [1.29, 1.82) is 0 Å². The summed E-state index contributed by atoms with van der Waals surface area (Å²) in [5.74, 6) is 0.813. The van der Waals surface area contributed by atoms with E-state index < -0.39 is 0 Å². The molecule has 4 rings (SSSR count). The Morgan fingerprint density at radius 1 is 1.33 bits per heavy atom. The second kappa shape index (κ2) is 8.51. The monoisotopic (exact) mass is 387 g/mol. The number of fused-ring (bicyclic) bond motifs is 1. The Labute approximate surface area is 160 Å². The molecule has 0 aromatic carbocycles. The molecule has 4 heterocycles. The Hall–Kier alpha value is -2.43. The van der Waals surface area contributed by atoms with E-state index in [0.29, 0.717) is 38.5 Å². The van der Waals surface area contributed by atoms with Gasteiger partial charge in [0.25, 0.3) is 5.91 Å².